The van der Waals surface area contributed by atoms with E-state index in [0.717, 1.165) is 4.88 Å². The predicted molar refractivity (Wildman–Crippen MR) is 97.8 cm³/mol. The molecule has 0 N–H and O–H groups in total. The van der Waals surface area contributed by atoms with Crippen molar-refractivity contribution >= 4 is 27.3 Å². The summed E-state index contributed by atoms with van der Waals surface area (Å²) < 4.78 is 30.8. The molecule has 1 saturated heterocycles. The molecular weight excluding hydrogens is 376 g/mol. The highest BCUT2D eigenvalue weighted by molar-refractivity contribution is 7.89. The molecule has 1 atom stereocenters. The Bertz CT molecular complexity index is 847. The zero-order valence-electron chi connectivity index (χ0n) is 14.8. The fourth-order valence-corrected chi connectivity index (χ4v) is 4.83. The van der Waals surface area contributed by atoms with Crippen molar-refractivity contribution in [2.24, 2.45) is 5.92 Å². The van der Waals surface area contributed by atoms with Crippen LogP contribution < -0.4 is 0 Å². The van der Waals surface area contributed by atoms with Crippen LogP contribution in [0.15, 0.2) is 22.0 Å². The minimum Gasteiger partial charge on any atom is -0.337 e. The van der Waals surface area contributed by atoms with E-state index in [1.54, 1.807) is 14.0 Å². The largest absolute Gasteiger partial charge is 0.337 e. The van der Waals surface area contributed by atoms with Crippen LogP contribution in [0.2, 0.25) is 0 Å². The molecule has 0 saturated carbocycles. The minimum atomic E-state index is -3.27. The van der Waals surface area contributed by atoms with Crippen molar-refractivity contribution in [1.82, 2.24) is 19.3 Å². The molecular formula is C16H22N4O4S2. The van der Waals surface area contributed by atoms with Crippen molar-refractivity contribution in [3.8, 4) is 10.7 Å². The molecule has 3 heterocycles. The van der Waals surface area contributed by atoms with Crippen LogP contribution in [0.4, 0.5) is 0 Å². The van der Waals surface area contributed by atoms with Gasteiger partial charge in [-0.1, -0.05) is 11.2 Å². The highest BCUT2D eigenvalue weighted by atomic mass is 32.2. The maximum Gasteiger partial charge on any atom is 0.246 e. The molecule has 2 aromatic heterocycles. The molecule has 0 bridgehead atoms. The highest BCUT2D eigenvalue weighted by Gasteiger charge is 2.33. The molecule has 1 aliphatic rings. The van der Waals surface area contributed by atoms with Gasteiger partial charge in [0.25, 0.3) is 0 Å². The van der Waals surface area contributed by atoms with Gasteiger partial charge in [0.1, 0.15) is 0 Å². The van der Waals surface area contributed by atoms with Gasteiger partial charge < -0.3 is 9.42 Å². The van der Waals surface area contributed by atoms with Crippen molar-refractivity contribution in [2.45, 2.75) is 26.3 Å². The van der Waals surface area contributed by atoms with E-state index in [1.807, 2.05) is 17.5 Å². The number of amides is 1. The molecule has 0 aromatic carbocycles. The van der Waals surface area contributed by atoms with E-state index in [2.05, 4.69) is 10.1 Å². The smallest absolute Gasteiger partial charge is 0.246 e. The Morgan fingerprint density at radius 3 is 3.00 bits per heavy atom. The van der Waals surface area contributed by atoms with E-state index in [0.29, 0.717) is 31.1 Å². The lowest BCUT2D eigenvalue weighted by molar-refractivity contribution is -0.136. The molecule has 0 unspecified atom stereocenters. The molecule has 26 heavy (non-hydrogen) atoms. The first-order valence-electron chi connectivity index (χ1n) is 8.50. The number of carbonyl (C=O) groups is 1. The first-order valence-corrected chi connectivity index (χ1v) is 11.0. The van der Waals surface area contributed by atoms with Crippen LogP contribution in [-0.2, 0) is 21.4 Å². The Hall–Kier alpha value is -1.78. The Morgan fingerprint density at radius 1 is 1.50 bits per heavy atom. The maximum atomic E-state index is 12.7. The highest BCUT2D eigenvalue weighted by Crippen LogP contribution is 2.23. The van der Waals surface area contributed by atoms with Gasteiger partial charge in [0, 0.05) is 20.1 Å². The van der Waals surface area contributed by atoms with E-state index in [9.17, 15) is 13.2 Å². The summed E-state index contributed by atoms with van der Waals surface area (Å²) in [6.07, 6.45) is 1.37. The summed E-state index contributed by atoms with van der Waals surface area (Å²) in [5, 5.41) is 5.87. The van der Waals surface area contributed by atoms with Crippen molar-refractivity contribution < 1.29 is 17.7 Å². The molecule has 1 aliphatic heterocycles. The van der Waals surface area contributed by atoms with Gasteiger partial charge in [0.05, 0.1) is 23.1 Å². The van der Waals surface area contributed by atoms with E-state index in [1.165, 1.54) is 20.5 Å². The van der Waals surface area contributed by atoms with E-state index in [-0.39, 0.29) is 30.7 Å². The van der Waals surface area contributed by atoms with Gasteiger partial charge in [-0.3, -0.25) is 4.79 Å². The van der Waals surface area contributed by atoms with Crippen LogP contribution in [0.3, 0.4) is 0 Å². The summed E-state index contributed by atoms with van der Waals surface area (Å²) >= 11 is 1.51. The van der Waals surface area contributed by atoms with Gasteiger partial charge in [0.15, 0.2) is 0 Å². The van der Waals surface area contributed by atoms with Crippen LogP contribution in [0.1, 0.15) is 25.7 Å². The number of sulfonamides is 1. The van der Waals surface area contributed by atoms with Crippen LogP contribution in [0, 0.1) is 5.92 Å². The lowest BCUT2D eigenvalue weighted by atomic mass is 9.98. The first kappa shape index (κ1) is 19.0. The van der Waals surface area contributed by atoms with E-state index in [4.69, 9.17) is 4.52 Å². The summed E-state index contributed by atoms with van der Waals surface area (Å²) in [7, 11) is -1.60. The van der Waals surface area contributed by atoms with Crippen molar-refractivity contribution in [2.75, 3.05) is 25.9 Å². The van der Waals surface area contributed by atoms with Gasteiger partial charge in [-0.05, 0) is 31.2 Å². The van der Waals surface area contributed by atoms with Gasteiger partial charge in [-0.2, -0.15) is 4.98 Å². The monoisotopic (exact) mass is 398 g/mol. The number of hydrogen-bond acceptors (Lipinski definition) is 7. The topological polar surface area (TPSA) is 96.6 Å². The summed E-state index contributed by atoms with van der Waals surface area (Å²) in [6.45, 7) is 2.54. The number of thiophene rings is 1. The fraction of sp³-hybridized carbons (Fsp3) is 0.562. The summed E-state index contributed by atoms with van der Waals surface area (Å²) in [5.41, 5.74) is 0. The summed E-state index contributed by atoms with van der Waals surface area (Å²) in [5.74, 6) is 0.482. The molecule has 0 aliphatic carbocycles. The zero-order valence-corrected chi connectivity index (χ0v) is 16.4. The zero-order chi connectivity index (χ0) is 18.7. The normalized spacial score (nSPS) is 18.8. The summed E-state index contributed by atoms with van der Waals surface area (Å²) in [4.78, 5) is 19.5. The SMILES string of the molecule is CCS(=O)(=O)N1CCC[C@@H](C(=O)N(C)Cc2nc(-c3cccs3)no2)C1. The molecule has 142 valence electrons. The first-order chi connectivity index (χ1) is 12.4. The number of carbonyl (C=O) groups excluding carboxylic acids is 1. The predicted octanol–water partition coefficient (Wildman–Crippen LogP) is 1.82. The van der Waals surface area contributed by atoms with Crippen molar-refractivity contribution in [3.63, 3.8) is 0 Å². The number of nitrogens with zero attached hydrogens (tertiary/aromatic N) is 4. The Kier molecular flexibility index (Phi) is 5.73. The third-order valence-corrected chi connectivity index (χ3v) is 7.16. The lowest BCUT2D eigenvalue weighted by Crippen LogP contribution is -2.46. The van der Waals surface area contributed by atoms with Crippen molar-refractivity contribution in [3.05, 3.63) is 23.4 Å². The van der Waals surface area contributed by atoms with E-state index >= 15 is 0 Å². The van der Waals surface area contributed by atoms with Crippen LogP contribution in [0.5, 0.6) is 0 Å². The average Bonchev–Trinajstić information content (AvgIpc) is 3.32. The number of piperidine rings is 1. The number of rotatable bonds is 6. The van der Waals surface area contributed by atoms with Crippen LogP contribution >= 0.6 is 11.3 Å². The van der Waals surface area contributed by atoms with Gasteiger partial charge in [-0.15, -0.1) is 11.3 Å². The van der Waals surface area contributed by atoms with E-state index < -0.39 is 10.0 Å². The number of aromatic nitrogens is 2. The molecule has 10 heteroatoms. The molecule has 2 aromatic rings. The minimum absolute atomic E-state index is 0.0528. The third kappa shape index (κ3) is 4.13. The second-order valence-electron chi connectivity index (χ2n) is 6.28. The average molecular weight is 399 g/mol. The second-order valence-corrected chi connectivity index (χ2v) is 9.49. The maximum absolute atomic E-state index is 12.7. The molecule has 0 spiro atoms. The fourth-order valence-electron chi connectivity index (χ4n) is 3.00. The second kappa shape index (κ2) is 7.85. The van der Waals surface area contributed by atoms with Gasteiger partial charge in [0.2, 0.25) is 27.6 Å². The Labute approximate surface area is 156 Å². The molecule has 3 rings (SSSR count). The van der Waals surface area contributed by atoms with Crippen molar-refractivity contribution in [1.29, 1.82) is 0 Å². The molecule has 1 amide bonds. The Balaban J connectivity index is 1.62. The Morgan fingerprint density at radius 2 is 2.31 bits per heavy atom. The molecule has 1 fully saturated rings. The standard InChI is InChI=1S/C16H22N4O4S2/c1-3-26(22,23)20-8-4-6-12(10-20)16(21)19(2)11-14-17-15(18-24-14)13-7-5-9-25-13/h5,7,9,12H,3-4,6,8,10-11H2,1-2H3/t12-/m1/s1. The quantitative estimate of drug-likeness (QED) is 0.736. The summed E-state index contributed by atoms with van der Waals surface area (Å²) in [6, 6.07) is 3.81. The van der Waals surface area contributed by atoms with Gasteiger partial charge >= 0.3 is 0 Å². The molecule has 0 radical (unpaired) electrons. The van der Waals surface area contributed by atoms with Crippen LogP contribution in [0.25, 0.3) is 10.7 Å². The van der Waals surface area contributed by atoms with Crippen LogP contribution in [-0.4, -0.2) is 59.6 Å². The molecule has 8 nitrogen and oxygen atoms in total. The lowest BCUT2D eigenvalue weighted by Gasteiger charge is -2.32. The number of hydrogen-bond donors (Lipinski definition) is 0. The van der Waals surface area contributed by atoms with Gasteiger partial charge in [-0.25, -0.2) is 12.7 Å². The third-order valence-electron chi connectivity index (χ3n) is 4.45.